The van der Waals surface area contributed by atoms with E-state index < -0.39 is 0 Å². The van der Waals surface area contributed by atoms with E-state index in [0.717, 1.165) is 0 Å². The van der Waals surface area contributed by atoms with E-state index in [9.17, 15) is 0 Å². The molecule has 0 rings (SSSR count). The zero-order valence-electron chi connectivity index (χ0n) is 26.7. The molecule has 0 spiro atoms. The molecule has 0 heterocycles. The molecule has 0 N–H and O–H groups in total. The summed E-state index contributed by atoms with van der Waals surface area (Å²) in [5.41, 5.74) is 0. The molecule has 0 aliphatic carbocycles. The summed E-state index contributed by atoms with van der Waals surface area (Å²) < 4.78 is 0. The van der Waals surface area contributed by atoms with E-state index in [2.05, 4.69) is 27.7 Å². The van der Waals surface area contributed by atoms with Crippen LogP contribution in [0.5, 0.6) is 0 Å². The summed E-state index contributed by atoms with van der Waals surface area (Å²) in [6.45, 7) is 9.65. The molecule has 0 aromatic carbocycles. The number of hydrogen-bond donors (Lipinski definition) is 0. The third kappa shape index (κ3) is 29.7. The molecular weight excluding hydrogens is 482 g/mol. The Balaban J connectivity index is 4.04. The molecule has 0 fully saturated rings. The van der Waals surface area contributed by atoms with Gasteiger partial charge in [-0.05, 0) is 31.6 Å². The van der Waals surface area contributed by atoms with Gasteiger partial charge in [0.05, 0.1) is 0 Å². The third-order valence-electron chi connectivity index (χ3n) is 8.37. The van der Waals surface area contributed by atoms with E-state index >= 15 is 0 Å². The molecule has 0 aliphatic heterocycles. The second-order valence-corrected chi connectivity index (χ2v) is 16.8. The summed E-state index contributed by atoms with van der Waals surface area (Å²) in [5, 5.41) is 0. The second kappa shape index (κ2) is 31.4. The Morgan fingerprint density at radius 1 is 0.324 bits per heavy atom. The van der Waals surface area contributed by atoms with E-state index in [-0.39, 0.29) is 0 Å². The van der Waals surface area contributed by atoms with Crippen LogP contribution >= 0.6 is 17.2 Å². The van der Waals surface area contributed by atoms with Gasteiger partial charge in [-0.15, -0.1) is 17.2 Å². The van der Waals surface area contributed by atoms with Gasteiger partial charge >= 0.3 is 0 Å². The fourth-order valence-corrected chi connectivity index (χ4v) is 9.54. The van der Waals surface area contributed by atoms with Crippen molar-refractivity contribution in [3.8, 4) is 0 Å². The molecule has 0 aliphatic rings. The van der Waals surface area contributed by atoms with Crippen molar-refractivity contribution in [2.45, 2.75) is 212 Å². The Hall–Kier alpha value is 0.860. The first-order valence-corrected chi connectivity index (χ1v) is 20.1. The van der Waals surface area contributed by atoms with Gasteiger partial charge in [-0.25, -0.2) is 0 Å². The summed E-state index contributed by atoms with van der Waals surface area (Å²) in [7, 11) is 2.45. The number of unbranched alkanes of at least 4 members (excludes halogenated alkanes) is 24. The summed E-state index contributed by atoms with van der Waals surface area (Å²) in [6.07, 6.45) is 44.2. The van der Waals surface area contributed by atoms with Crippen LogP contribution in [0.2, 0.25) is 0 Å². The van der Waals surface area contributed by atoms with Crippen LogP contribution < -0.4 is 0 Å². The summed E-state index contributed by atoms with van der Waals surface area (Å²) in [4.78, 5) is 0.682. The van der Waals surface area contributed by atoms with Crippen molar-refractivity contribution in [1.82, 2.24) is 0 Å². The Morgan fingerprint density at radius 3 is 0.865 bits per heavy atom. The largest absolute Gasteiger partial charge is 0.112 e. The lowest BCUT2D eigenvalue weighted by molar-refractivity contribution is 0.539. The third-order valence-corrected chi connectivity index (χ3v) is 12.7. The predicted molar refractivity (Wildman–Crippen MR) is 181 cm³/mol. The quantitative estimate of drug-likeness (QED) is 0.0571. The summed E-state index contributed by atoms with van der Waals surface area (Å²) in [5.74, 6) is 0. The van der Waals surface area contributed by atoms with Crippen LogP contribution in [0.15, 0.2) is 0 Å². The highest BCUT2D eigenvalue weighted by molar-refractivity contribution is 7.59. The van der Waals surface area contributed by atoms with Gasteiger partial charge in [0.15, 0.2) is 0 Å². The molecule has 224 valence electrons. The summed E-state index contributed by atoms with van der Waals surface area (Å²) in [6, 6.07) is 0. The molecule has 0 aromatic heterocycles. The smallest absolute Gasteiger partial charge is 0.00218 e. The molecular formula is C35H74P2. The first-order valence-electron chi connectivity index (χ1n) is 17.7. The minimum Gasteiger partial charge on any atom is -0.112 e. The highest BCUT2D eigenvalue weighted by atomic mass is 31.1. The normalized spacial score (nSPS) is 13.9. The lowest BCUT2D eigenvalue weighted by atomic mass is 10.0. The lowest BCUT2D eigenvalue weighted by Crippen LogP contribution is -2.13. The molecule has 2 atom stereocenters. The zero-order valence-corrected chi connectivity index (χ0v) is 28.7. The molecule has 0 saturated heterocycles. The van der Waals surface area contributed by atoms with Crippen molar-refractivity contribution in [2.75, 3.05) is 12.3 Å². The topological polar surface area (TPSA) is 0 Å². The molecule has 37 heavy (non-hydrogen) atoms. The van der Waals surface area contributed by atoms with Crippen LogP contribution in [0, 0.1) is 0 Å². The minimum absolute atomic E-state index is 0.682. The standard InChI is InChI=1S/C35H74P2/c1-5-8-11-14-17-20-21-22-23-26-29-32-35(4,36-33-30-27-24-18-15-12-9-6-2)37-34-31-28-25-19-16-13-10-7-3/h36-37H,5-34H2,1-4H3. The molecule has 0 amide bonds. The fourth-order valence-electron chi connectivity index (χ4n) is 5.63. The van der Waals surface area contributed by atoms with Gasteiger partial charge in [0.2, 0.25) is 0 Å². The fraction of sp³-hybridized carbons (Fsp3) is 1.00. The van der Waals surface area contributed by atoms with E-state index in [1.807, 2.05) is 0 Å². The Morgan fingerprint density at radius 2 is 0.568 bits per heavy atom. The monoisotopic (exact) mass is 557 g/mol. The van der Waals surface area contributed by atoms with Gasteiger partial charge < -0.3 is 0 Å². The van der Waals surface area contributed by atoms with Crippen molar-refractivity contribution >= 4 is 17.2 Å². The van der Waals surface area contributed by atoms with Gasteiger partial charge in [-0.1, -0.05) is 188 Å². The van der Waals surface area contributed by atoms with Gasteiger partial charge in [0, 0.05) is 4.90 Å². The molecule has 2 heteroatoms. The Bertz CT molecular complexity index is 386. The molecule has 0 radical (unpaired) electrons. The zero-order chi connectivity index (χ0) is 27.1. The minimum atomic E-state index is 0.682. The van der Waals surface area contributed by atoms with Crippen LogP contribution in [-0.4, -0.2) is 17.2 Å². The first-order chi connectivity index (χ1) is 18.2. The molecule has 0 nitrogen and oxygen atoms in total. The maximum absolute atomic E-state index is 2.69. The van der Waals surface area contributed by atoms with Gasteiger partial charge in [-0.3, -0.25) is 0 Å². The maximum Gasteiger partial charge on any atom is 0.00218 e. The Kier molecular flexibility index (Phi) is 32.1. The van der Waals surface area contributed by atoms with Crippen LogP contribution in [-0.2, 0) is 0 Å². The SMILES string of the molecule is CCCCCCCCCCCCCC(C)(PCCCCCCCCCC)PCCCCCCCCCC. The van der Waals surface area contributed by atoms with E-state index in [1.54, 1.807) is 0 Å². The lowest BCUT2D eigenvalue weighted by Gasteiger charge is -2.30. The van der Waals surface area contributed by atoms with Gasteiger partial charge in [0.25, 0.3) is 0 Å². The Labute approximate surface area is 241 Å². The van der Waals surface area contributed by atoms with Crippen LogP contribution in [0.1, 0.15) is 207 Å². The van der Waals surface area contributed by atoms with Crippen molar-refractivity contribution in [2.24, 2.45) is 0 Å². The average molecular weight is 557 g/mol. The maximum atomic E-state index is 2.69. The predicted octanol–water partition coefficient (Wildman–Crippen LogP) is 14.0. The second-order valence-electron chi connectivity index (χ2n) is 12.4. The highest BCUT2D eigenvalue weighted by Gasteiger charge is 2.22. The number of hydrogen-bond acceptors (Lipinski definition) is 0. The molecule has 0 aromatic rings. The van der Waals surface area contributed by atoms with Crippen molar-refractivity contribution < 1.29 is 0 Å². The van der Waals surface area contributed by atoms with Crippen molar-refractivity contribution in [1.29, 1.82) is 0 Å². The van der Waals surface area contributed by atoms with E-state index in [1.165, 1.54) is 209 Å². The van der Waals surface area contributed by atoms with Crippen molar-refractivity contribution in [3.05, 3.63) is 0 Å². The molecule has 2 unspecified atom stereocenters. The van der Waals surface area contributed by atoms with Crippen molar-refractivity contribution in [3.63, 3.8) is 0 Å². The first kappa shape index (κ1) is 37.9. The van der Waals surface area contributed by atoms with Crippen LogP contribution in [0.4, 0.5) is 0 Å². The van der Waals surface area contributed by atoms with E-state index in [4.69, 9.17) is 0 Å². The molecule has 0 bridgehead atoms. The molecule has 0 saturated carbocycles. The van der Waals surface area contributed by atoms with Crippen LogP contribution in [0.3, 0.4) is 0 Å². The summed E-state index contributed by atoms with van der Waals surface area (Å²) >= 11 is 0. The average Bonchev–Trinajstić information content (AvgIpc) is 2.90. The van der Waals surface area contributed by atoms with Gasteiger partial charge in [0.1, 0.15) is 0 Å². The highest BCUT2D eigenvalue weighted by Crippen LogP contribution is 2.50. The van der Waals surface area contributed by atoms with Gasteiger partial charge in [-0.2, -0.15) is 0 Å². The van der Waals surface area contributed by atoms with E-state index in [0.29, 0.717) is 4.90 Å². The van der Waals surface area contributed by atoms with Crippen LogP contribution in [0.25, 0.3) is 0 Å². The number of rotatable bonds is 32.